The minimum absolute atomic E-state index is 0.0661. The fraction of sp³-hybridized carbons (Fsp3) is 0.778. The zero-order valence-electron chi connectivity index (χ0n) is 7.43. The molecule has 0 unspecified atom stereocenters. The Morgan fingerprint density at radius 3 is 2.73 bits per heavy atom. The molecule has 0 aliphatic rings. The molecule has 0 aromatic carbocycles. The molecule has 0 fully saturated rings. The number of rotatable bonds is 6. The monoisotopic (exact) mass is 157 g/mol. The van der Waals surface area contributed by atoms with E-state index < -0.39 is 0 Å². The van der Waals surface area contributed by atoms with Crippen molar-refractivity contribution in [2.75, 3.05) is 6.61 Å². The van der Waals surface area contributed by atoms with Crippen molar-refractivity contribution in [1.29, 1.82) is 0 Å². The van der Waals surface area contributed by atoms with Crippen LogP contribution in [0, 0.1) is 6.42 Å². The number of carbonyl (C=O) groups is 1. The molecule has 0 N–H and O–H groups in total. The van der Waals surface area contributed by atoms with Crippen molar-refractivity contribution in [3.63, 3.8) is 0 Å². The summed E-state index contributed by atoms with van der Waals surface area (Å²) in [6.07, 6.45) is 5.82. The first kappa shape index (κ1) is 10.5. The van der Waals surface area contributed by atoms with Gasteiger partial charge in [0.25, 0.3) is 0 Å². The quantitative estimate of drug-likeness (QED) is 0.437. The van der Waals surface area contributed by atoms with Crippen LogP contribution in [0.3, 0.4) is 0 Å². The molecule has 65 valence electrons. The number of esters is 1. The fourth-order valence-electron chi connectivity index (χ4n) is 0.851. The maximum atomic E-state index is 10.8. The summed E-state index contributed by atoms with van der Waals surface area (Å²) >= 11 is 0. The van der Waals surface area contributed by atoms with E-state index in [0.29, 0.717) is 13.0 Å². The molecule has 0 aromatic heterocycles. The molecule has 0 heterocycles. The van der Waals surface area contributed by atoms with Crippen molar-refractivity contribution in [3.8, 4) is 0 Å². The third-order valence-electron chi connectivity index (χ3n) is 1.43. The predicted octanol–water partition coefficient (Wildman–Crippen LogP) is 2.33. The van der Waals surface area contributed by atoms with Crippen LogP contribution in [0.15, 0.2) is 0 Å². The molecule has 2 heteroatoms. The highest BCUT2D eigenvalue weighted by Gasteiger charge is 1.99. The average Bonchev–Trinajstić information content (AvgIpc) is 1.99. The summed E-state index contributed by atoms with van der Waals surface area (Å²) in [5.74, 6) is -0.0661. The van der Waals surface area contributed by atoms with Crippen LogP contribution in [-0.2, 0) is 9.53 Å². The van der Waals surface area contributed by atoms with Gasteiger partial charge in [0, 0.05) is 6.42 Å². The first-order chi connectivity index (χ1) is 5.31. The van der Waals surface area contributed by atoms with Gasteiger partial charge in [-0.3, -0.25) is 4.79 Å². The Hall–Kier alpha value is -0.530. The minimum atomic E-state index is -0.0661. The van der Waals surface area contributed by atoms with Gasteiger partial charge < -0.3 is 4.74 Å². The molecular weight excluding hydrogens is 140 g/mol. The lowest BCUT2D eigenvalue weighted by molar-refractivity contribution is -0.143. The van der Waals surface area contributed by atoms with E-state index in [4.69, 9.17) is 4.74 Å². The van der Waals surface area contributed by atoms with Crippen LogP contribution in [0.1, 0.15) is 39.5 Å². The van der Waals surface area contributed by atoms with Crippen LogP contribution in [0.5, 0.6) is 0 Å². The molecular formula is C9H17O2. The predicted molar refractivity (Wildman–Crippen MR) is 45.1 cm³/mol. The molecule has 0 spiro atoms. The largest absolute Gasteiger partial charge is 0.466 e. The van der Waals surface area contributed by atoms with Crippen LogP contribution in [0.4, 0.5) is 0 Å². The number of unbranched alkanes of at least 4 members (excludes halogenated alkanes) is 3. The molecule has 0 amide bonds. The van der Waals surface area contributed by atoms with E-state index in [-0.39, 0.29) is 5.97 Å². The van der Waals surface area contributed by atoms with E-state index in [9.17, 15) is 4.79 Å². The maximum Gasteiger partial charge on any atom is 0.305 e. The normalized spacial score (nSPS) is 9.64. The topological polar surface area (TPSA) is 26.3 Å². The Kier molecular flexibility index (Phi) is 7.21. The van der Waals surface area contributed by atoms with Crippen LogP contribution in [-0.4, -0.2) is 12.6 Å². The Morgan fingerprint density at radius 2 is 2.18 bits per heavy atom. The Balaban J connectivity index is 3.04. The molecule has 0 aliphatic carbocycles. The first-order valence-corrected chi connectivity index (χ1v) is 4.24. The summed E-state index contributed by atoms with van der Waals surface area (Å²) < 4.78 is 4.77. The van der Waals surface area contributed by atoms with Crippen LogP contribution >= 0.6 is 0 Å². The number of carbonyl (C=O) groups excluding carboxylic acids is 1. The van der Waals surface area contributed by atoms with Crippen LogP contribution in [0.25, 0.3) is 0 Å². The van der Waals surface area contributed by atoms with Gasteiger partial charge in [0.05, 0.1) is 6.61 Å². The van der Waals surface area contributed by atoms with Gasteiger partial charge in [-0.15, -0.1) is 0 Å². The van der Waals surface area contributed by atoms with E-state index in [2.05, 4.69) is 6.42 Å². The van der Waals surface area contributed by atoms with Crippen molar-refractivity contribution in [2.24, 2.45) is 0 Å². The third-order valence-corrected chi connectivity index (χ3v) is 1.43. The lowest BCUT2D eigenvalue weighted by atomic mass is 10.2. The first-order valence-electron chi connectivity index (χ1n) is 4.24. The van der Waals surface area contributed by atoms with Gasteiger partial charge >= 0.3 is 5.97 Å². The van der Waals surface area contributed by atoms with Gasteiger partial charge in [-0.1, -0.05) is 19.8 Å². The van der Waals surface area contributed by atoms with Crippen molar-refractivity contribution in [3.05, 3.63) is 6.42 Å². The molecule has 0 saturated heterocycles. The summed E-state index contributed by atoms with van der Waals surface area (Å²) in [5.41, 5.74) is 0. The van der Waals surface area contributed by atoms with Crippen molar-refractivity contribution in [2.45, 2.75) is 39.5 Å². The summed E-state index contributed by atoms with van der Waals surface area (Å²) in [6.45, 7) is 4.36. The van der Waals surface area contributed by atoms with E-state index >= 15 is 0 Å². The molecule has 0 atom stereocenters. The summed E-state index contributed by atoms with van der Waals surface area (Å²) in [5, 5.41) is 0. The SMILES string of the molecule is C[CH]CCCCC(=O)OCC. The highest BCUT2D eigenvalue weighted by Crippen LogP contribution is 2.02. The smallest absolute Gasteiger partial charge is 0.305 e. The second-order valence-electron chi connectivity index (χ2n) is 2.46. The van der Waals surface area contributed by atoms with Crippen molar-refractivity contribution in [1.82, 2.24) is 0 Å². The third kappa shape index (κ3) is 7.37. The molecule has 1 radical (unpaired) electrons. The Morgan fingerprint density at radius 1 is 1.45 bits per heavy atom. The number of hydrogen-bond donors (Lipinski definition) is 0. The summed E-state index contributed by atoms with van der Waals surface area (Å²) in [4.78, 5) is 10.8. The van der Waals surface area contributed by atoms with Gasteiger partial charge in [-0.2, -0.15) is 0 Å². The van der Waals surface area contributed by atoms with Crippen molar-refractivity contribution >= 4 is 5.97 Å². The van der Waals surface area contributed by atoms with Gasteiger partial charge in [-0.05, 0) is 19.8 Å². The number of ether oxygens (including phenoxy) is 1. The summed E-state index contributed by atoms with van der Waals surface area (Å²) in [6, 6.07) is 0. The van der Waals surface area contributed by atoms with Crippen LogP contribution in [0.2, 0.25) is 0 Å². The molecule has 0 saturated carbocycles. The standard InChI is InChI=1S/C9H17O2/c1-3-5-6-7-8-9(10)11-4-2/h3H,4-8H2,1-2H3. The molecule has 0 aliphatic heterocycles. The fourth-order valence-corrected chi connectivity index (χ4v) is 0.851. The molecule has 0 rings (SSSR count). The van der Waals surface area contributed by atoms with E-state index in [1.807, 2.05) is 13.8 Å². The molecule has 2 nitrogen and oxygen atoms in total. The zero-order valence-corrected chi connectivity index (χ0v) is 7.43. The second kappa shape index (κ2) is 7.58. The van der Waals surface area contributed by atoms with Gasteiger partial charge in [0.2, 0.25) is 0 Å². The van der Waals surface area contributed by atoms with E-state index in [0.717, 1.165) is 19.3 Å². The molecule has 0 aromatic rings. The second-order valence-corrected chi connectivity index (χ2v) is 2.46. The number of hydrogen-bond acceptors (Lipinski definition) is 2. The highest BCUT2D eigenvalue weighted by atomic mass is 16.5. The lowest BCUT2D eigenvalue weighted by Crippen LogP contribution is -2.02. The molecule has 11 heavy (non-hydrogen) atoms. The van der Waals surface area contributed by atoms with E-state index in [1.165, 1.54) is 0 Å². The van der Waals surface area contributed by atoms with Gasteiger partial charge in [0.15, 0.2) is 0 Å². The average molecular weight is 157 g/mol. The maximum absolute atomic E-state index is 10.8. The lowest BCUT2D eigenvalue weighted by Gasteiger charge is -1.99. The van der Waals surface area contributed by atoms with Gasteiger partial charge in [-0.25, -0.2) is 0 Å². The molecule has 0 bridgehead atoms. The minimum Gasteiger partial charge on any atom is -0.466 e. The highest BCUT2D eigenvalue weighted by molar-refractivity contribution is 5.69. The van der Waals surface area contributed by atoms with Gasteiger partial charge in [0.1, 0.15) is 0 Å². The Labute approximate surface area is 68.9 Å². The van der Waals surface area contributed by atoms with Crippen LogP contribution < -0.4 is 0 Å². The zero-order chi connectivity index (χ0) is 8.53. The van der Waals surface area contributed by atoms with E-state index in [1.54, 1.807) is 0 Å². The summed E-state index contributed by atoms with van der Waals surface area (Å²) in [7, 11) is 0. The Bertz CT molecular complexity index is 99.7. The van der Waals surface area contributed by atoms with Crippen molar-refractivity contribution < 1.29 is 9.53 Å².